The maximum Gasteiger partial charge on any atom is 0.265 e. The standard InChI is InChI=1S/C18H23N3O3S.ClH/c1-2-3-8-14(11-19)20-17(22)12-21-15-9-4-6-13-7-5-10-16(18(13)15)25(21,23)24;/h4-7,9-10,14H,2-3,8,11-12,19H2,1H3,(H,20,22);1H. The lowest BCUT2D eigenvalue weighted by Crippen LogP contribution is -2.45. The maximum absolute atomic E-state index is 12.8. The van der Waals surface area contributed by atoms with E-state index < -0.39 is 10.0 Å². The summed E-state index contributed by atoms with van der Waals surface area (Å²) in [5.74, 6) is -0.333. The molecule has 3 rings (SSSR count). The van der Waals surface area contributed by atoms with Crippen LogP contribution in [0.4, 0.5) is 5.69 Å². The van der Waals surface area contributed by atoms with Gasteiger partial charge in [0.2, 0.25) is 5.91 Å². The lowest BCUT2D eigenvalue weighted by Gasteiger charge is -2.21. The molecule has 0 bridgehead atoms. The highest BCUT2D eigenvalue weighted by Crippen LogP contribution is 2.41. The second-order valence-electron chi connectivity index (χ2n) is 6.29. The van der Waals surface area contributed by atoms with E-state index in [-0.39, 0.29) is 35.8 Å². The van der Waals surface area contributed by atoms with Crippen molar-refractivity contribution < 1.29 is 13.2 Å². The van der Waals surface area contributed by atoms with Crippen LogP contribution in [0.2, 0.25) is 0 Å². The molecule has 0 radical (unpaired) electrons. The topological polar surface area (TPSA) is 92.5 Å². The molecule has 8 heteroatoms. The number of hydrogen-bond acceptors (Lipinski definition) is 4. The third kappa shape index (κ3) is 3.65. The number of benzene rings is 2. The fourth-order valence-corrected chi connectivity index (χ4v) is 4.90. The van der Waals surface area contributed by atoms with E-state index in [0.29, 0.717) is 17.6 Å². The molecule has 6 nitrogen and oxygen atoms in total. The van der Waals surface area contributed by atoms with Crippen molar-refractivity contribution in [2.45, 2.75) is 37.1 Å². The summed E-state index contributed by atoms with van der Waals surface area (Å²) < 4.78 is 26.9. The molecule has 2 aromatic rings. The molecule has 0 aromatic heterocycles. The van der Waals surface area contributed by atoms with Crippen LogP contribution in [-0.2, 0) is 14.8 Å². The number of hydrogen-bond donors (Lipinski definition) is 2. The zero-order valence-corrected chi connectivity index (χ0v) is 16.3. The molecule has 1 atom stereocenters. The van der Waals surface area contributed by atoms with E-state index in [2.05, 4.69) is 12.2 Å². The molecule has 0 aliphatic carbocycles. The largest absolute Gasteiger partial charge is 0.351 e. The van der Waals surface area contributed by atoms with E-state index in [1.54, 1.807) is 24.3 Å². The zero-order valence-electron chi connectivity index (χ0n) is 14.6. The van der Waals surface area contributed by atoms with Gasteiger partial charge in [-0.25, -0.2) is 8.42 Å². The first-order valence-electron chi connectivity index (χ1n) is 8.53. The second kappa shape index (κ2) is 8.24. The molecule has 0 spiro atoms. The Morgan fingerprint density at radius 1 is 1.23 bits per heavy atom. The average Bonchev–Trinajstić information content (AvgIpc) is 2.82. The Labute approximate surface area is 160 Å². The van der Waals surface area contributed by atoms with Crippen molar-refractivity contribution in [3.8, 4) is 0 Å². The van der Waals surface area contributed by atoms with Crippen LogP contribution in [0.25, 0.3) is 10.8 Å². The summed E-state index contributed by atoms with van der Waals surface area (Å²) in [7, 11) is -3.71. The van der Waals surface area contributed by atoms with Gasteiger partial charge in [0.15, 0.2) is 0 Å². The molecule has 0 fully saturated rings. The average molecular weight is 398 g/mol. The summed E-state index contributed by atoms with van der Waals surface area (Å²) >= 11 is 0. The number of sulfonamides is 1. The van der Waals surface area contributed by atoms with Gasteiger partial charge < -0.3 is 11.1 Å². The minimum absolute atomic E-state index is 0. The molecule has 1 aliphatic heterocycles. The monoisotopic (exact) mass is 397 g/mol. The minimum Gasteiger partial charge on any atom is -0.351 e. The zero-order chi connectivity index (χ0) is 18.0. The summed E-state index contributed by atoms with van der Waals surface area (Å²) in [4.78, 5) is 12.7. The smallest absolute Gasteiger partial charge is 0.265 e. The van der Waals surface area contributed by atoms with Crippen LogP contribution in [0.3, 0.4) is 0 Å². The van der Waals surface area contributed by atoms with E-state index in [0.717, 1.165) is 24.6 Å². The van der Waals surface area contributed by atoms with Gasteiger partial charge in [-0.2, -0.15) is 0 Å². The summed E-state index contributed by atoms with van der Waals surface area (Å²) in [6.07, 6.45) is 2.78. The molecule has 0 saturated carbocycles. The molecule has 26 heavy (non-hydrogen) atoms. The molecule has 0 saturated heterocycles. The highest BCUT2D eigenvalue weighted by atomic mass is 35.5. The molecule has 142 valence electrons. The number of rotatable bonds is 7. The number of nitrogens with two attached hydrogens (primary N) is 1. The first-order valence-corrected chi connectivity index (χ1v) is 9.97. The van der Waals surface area contributed by atoms with Gasteiger partial charge in [-0.05, 0) is 23.9 Å². The second-order valence-corrected chi connectivity index (χ2v) is 8.12. The molecular weight excluding hydrogens is 374 g/mol. The highest BCUT2D eigenvalue weighted by Gasteiger charge is 2.36. The van der Waals surface area contributed by atoms with Crippen LogP contribution in [0, 0.1) is 0 Å². The number of anilines is 1. The van der Waals surface area contributed by atoms with Crippen molar-refractivity contribution in [3.05, 3.63) is 36.4 Å². The molecule has 2 aromatic carbocycles. The van der Waals surface area contributed by atoms with E-state index in [4.69, 9.17) is 5.73 Å². The van der Waals surface area contributed by atoms with Crippen molar-refractivity contribution in [2.75, 3.05) is 17.4 Å². The van der Waals surface area contributed by atoms with Crippen molar-refractivity contribution in [3.63, 3.8) is 0 Å². The lowest BCUT2D eigenvalue weighted by molar-refractivity contribution is -0.120. The predicted octanol–water partition coefficient (Wildman–Crippen LogP) is 2.40. The van der Waals surface area contributed by atoms with Crippen LogP contribution in [0.15, 0.2) is 41.3 Å². The van der Waals surface area contributed by atoms with Gasteiger partial charge in [0, 0.05) is 18.0 Å². The maximum atomic E-state index is 12.8. The number of carbonyl (C=O) groups excluding carboxylic acids is 1. The van der Waals surface area contributed by atoms with Crippen LogP contribution in [0.5, 0.6) is 0 Å². The third-order valence-electron chi connectivity index (χ3n) is 4.52. The quantitative estimate of drug-likeness (QED) is 0.750. The number of carbonyl (C=O) groups is 1. The van der Waals surface area contributed by atoms with Crippen molar-refractivity contribution in [1.29, 1.82) is 0 Å². The normalized spacial score (nSPS) is 15.5. The van der Waals surface area contributed by atoms with Gasteiger partial charge >= 0.3 is 0 Å². The van der Waals surface area contributed by atoms with Crippen molar-refractivity contribution in [1.82, 2.24) is 5.32 Å². The van der Waals surface area contributed by atoms with Crippen LogP contribution < -0.4 is 15.4 Å². The van der Waals surface area contributed by atoms with Gasteiger partial charge in [0.1, 0.15) is 6.54 Å². The molecule has 1 unspecified atom stereocenters. The summed E-state index contributed by atoms with van der Waals surface area (Å²) in [5.41, 5.74) is 6.26. The Bertz CT molecular complexity index is 896. The van der Waals surface area contributed by atoms with Gasteiger partial charge in [-0.15, -0.1) is 12.4 Å². The minimum atomic E-state index is -3.71. The Morgan fingerprint density at radius 3 is 2.58 bits per heavy atom. The van der Waals surface area contributed by atoms with Crippen molar-refractivity contribution in [2.24, 2.45) is 5.73 Å². The fourth-order valence-electron chi connectivity index (χ4n) is 3.23. The van der Waals surface area contributed by atoms with Crippen molar-refractivity contribution >= 4 is 44.8 Å². The van der Waals surface area contributed by atoms with E-state index >= 15 is 0 Å². The lowest BCUT2D eigenvalue weighted by atomic mass is 10.1. The third-order valence-corrected chi connectivity index (χ3v) is 6.33. The van der Waals surface area contributed by atoms with Gasteiger partial charge in [0.25, 0.3) is 10.0 Å². The van der Waals surface area contributed by atoms with E-state index in [9.17, 15) is 13.2 Å². The Morgan fingerprint density at radius 2 is 1.92 bits per heavy atom. The van der Waals surface area contributed by atoms with Gasteiger partial charge in [0.05, 0.1) is 10.6 Å². The number of unbranched alkanes of at least 4 members (excludes halogenated alkanes) is 1. The van der Waals surface area contributed by atoms with Crippen LogP contribution >= 0.6 is 12.4 Å². The molecule has 1 amide bonds. The summed E-state index contributed by atoms with van der Waals surface area (Å²) in [6, 6.07) is 10.5. The fraction of sp³-hybridized carbons (Fsp3) is 0.389. The van der Waals surface area contributed by atoms with Crippen LogP contribution in [0.1, 0.15) is 26.2 Å². The Balaban J connectivity index is 0.00000243. The first-order chi connectivity index (χ1) is 12.0. The summed E-state index contributed by atoms with van der Waals surface area (Å²) in [6.45, 7) is 2.18. The number of nitrogens with one attached hydrogen (secondary N) is 1. The Hall–Kier alpha value is -1.83. The predicted molar refractivity (Wildman–Crippen MR) is 106 cm³/mol. The first kappa shape index (κ1) is 20.5. The summed E-state index contributed by atoms with van der Waals surface area (Å²) in [5, 5.41) is 4.39. The number of halogens is 1. The van der Waals surface area contributed by atoms with Crippen LogP contribution in [-0.4, -0.2) is 33.5 Å². The van der Waals surface area contributed by atoms with E-state index in [1.807, 2.05) is 12.1 Å². The van der Waals surface area contributed by atoms with Gasteiger partial charge in [-0.3, -0.25) is 9.10 Å². The van der Waals surface area contributed by atoms with Gasteiger partial charge in [-0.1, -0.05) is 44.0 Å². The SMILES string of the molecule is CCCCC(CN)NC(=O)CN1c2cccc3cccc(c23)S1(=O)=O.Cl. The Kier molecular flexibility index (Phi) is 6.49. The molecule has 1 aliphatic rings. The molecular formula is C18H24ClN3O3S. The molecule has 1 heterocycles. The number of amides is 1. The number of nitrogens with zero attached hydrogens (tertiary/aromatic N) is 1. The molecule has 3 N–H and O–H groups in total. The van der Waals surface area contributed by atoms with E-state index in [1.165, 1.54) is 4.31 Å². The highest BCUT2D eigenvalue weighted by molar-refractivity contribution is 7.93.